The Labute approximate surface area is 120 Å². The zero-order valence-corrected chi connectivity index (χ0v) is 11.8. The van der Waals surface area contributed by atoms with E-state index < -0.39 is 0 Å². The average molecular weight is 277 g/mol. The van der Waals surface area contributed by atoms with Crippen LogP contribution in [0.3, 0.4) is 0 Å². The molecular weight excluding hydrogens is 254 g/mol. The highest BCUT2D eigenvalue weighted by Gasteiger charge is 2.12. The van der Waals surface area contributed by atoms with Gasteiger partial charge in [-0.2, -0.15) is 0 Å². The molecule has 0 atom stereocenters. The van der Waals surface area contributed by atoms with Gasteiger partial charge in [0.25, 0.3) is 0 Å². The molecule has 1 heterocycles. The molecule has 4 nitrogen and oxygen atoms in total. The van der Waals surface area contributed by atoms with E-state index >= 15 is 0 Å². The lowest BCUT2D eigenvalue weighted by Gasteiger charge is -2.21. The molecule has 0 aromatic carbocycles. The zero-order chi connectivity index (χ0) is 14.0. The van der Waals surface area contributed by atoms with E-state index in [2.05, 4.69) is 5.32 Å². The fourth-order valence-electron chi connectivity index (χ4n) is 2.37. The third kappa shape index (κ3) is 5.61. The molecule has 1 aromatic heterocycles. The summed E-state index contributed by atoms with van der Waals surface area (Å²) in [5.41, 5.74) is 0. The lowest BCUT2D eigenvalue weighted by Crippen LogP contribution is -2.24. The van der Waals surface area contributed by atoms with Crippen LogP contribution in [0, 0.1) is 0 Å². The van der Waals surface area contributed by atoms with Crippen LogP contribution in [0.4, 0.5) is 0 Å². The Bertz CT molecular complexity index is 405. The molecule has 0 radical (unpaired) electrons. The third-order valence-corrected chi connectivity index (χ3v) is 3.47. The number of furan rings is 1. The molecular formula is C16H23NO3. The van der Waals surface area contributed by atoms with E-state index in [0.717, 1.165) is 13.0 Å². The number of ether oxygens (including phenoxy) is 1. The molecule has 1 aliphatic carbocycles. The van der Waals surface area contributed by atoms with Crippen LogP contribution in [0.15, 0.2) is 28.9 Å². The second-order valence-electron chi connectivity index (χ2n) is 5.12. The molecule has 20 heavy (non-hydrogen) atoms. The van der Waals surface area contributed by atoms with E-state index in [0.29, 0.717) is 18.4 Å². The minimum absolute atomic E-state index is 0.0981. The van der Waals surface area contributed by atoms with Gasteiger partial charge < -0.3 is 14.5 Å². The molecule has 2 rings (SSSR count). The van der Waals surface area contributed by atoms with Gasteiger partial charge in [0.05, 0.1) is 12.4 Å². The van der Waals surface area contributed by atoms with Crippen molar-refractivity contribution in [2.45, 2.75) is 44.6 Å². The van der Waals surface area contributed by atoms with Crippen molar-refractivity contribution in [1.29, 1.82) is 0 Å². The summed E-state index contributed by atoms with van der Waals surface area (Å²) in [6, 6.07) is 3.60. The Morgan fingerprint density at radius 2 is 2.25 bits per heavy atom. The summed E-state index contributed by atoms with van der Waals surface area (Å²) < 4.78 is 10.9. The van der Waals surface area contributed by atoms with Gasteiger partial charge in [0.1, 0.15) is 5.76 Å². The van der Waals surface area contributed by atoms with Gasteiger partial charge in [-0.15, -0.1) is 0 Å². The predicted molar refractivity (Wildman–Crippen MR) is 78.2 cm³/mol. The van der Waals surface area contributed by atoms with Crippen molar-refractivity contribution in [3.8, 4) is 0 Å². The Hall–Kier alpha value is -1.55. The highest BCUT2D eigenvalue weighted by atomic mass is 16.5. The number of amides is 1. The van der Waals surface area contributed by atoms with Gasteiger partial charge in [-0.1, -0.05) is 19.3 Å². The summed E-state index contributed by atoms with van der Waals surface area (Å²) in [6.45, 7) is 1.38. The van der Waals surface area contributed by atoms with Crippen molar-refractivity contribution in [2.75, 3.05) is 13.2 Å². The molecule has 1 aromatic rings. The van der Waals surface area contributed by atoms with Gasteiger partial charge in [-0.05, 0) is 37.5 Å². The van der Waals surface area contributed by atoms with Gasteiger partial charge in [-0.3, -0.25) is 4.79 Å². The standard InChI is InChI=1S/C16H23NO3/c18-16(10-9-15-8-4-12-19-15)17-11-5-13-20-14-6-2-1-3-7-14/h4,8-10,12,14H,1-3,5-7,11,13H2,(H,17,18)/b10-9+. The summed E-state index contributed by atoms with van der Waals surface area (Å²) in [4.78, 5) is 11.5. The summed E-state index contributed by atoms with van der Waals surface area (Å²) >= 11 is 0. The number of hydrogen-bond donors (Lipinski definition) is 1. The quantitative estimate of drug-likeness (QED) is 0.615. The number of carbonyl (C=O) groups is 1. The first-order chi connectivity index (χ1) is 9.84. The highest BCUT2D eigenvalue weighted by Crippen LogP contribution is 2.20. The monoisotopic (exact) mass is 277 g/mol. The molecule has 110 valence electrons. The van der Waals surface area contributed by atoms with Crippen LogP contribution in [0.1, 0.15) is 44.3 Å². The van der Waals surface area contributed by atoms with E-state index in [1.807, 2.05) is 6.07 Å². The first-order valence-electron chi connectivity index (χ1n) is 7.45. The van der Waals surface area contributed by atoms with Crippen LogP contribution in [0.25, 0.3) is 6.08 Å². The predicted octanol–water partition coefficient (Wildman–Crippen LogP) is 3.15. The molecule has 4 heteroatoms. The van der Waals surface area contributed by atoms with Gasteiger partial charge in [0.2, 0.25) is 5.91 Å². The van der Waals surface area contributed by atoms with Gasteiger partial charge in [0.15, 0.2) is 0 Å². The molecule has 1 saturated carbocycles. The van der Waals surface area contributed by atoms with Crippen molar-refractivity contribution < 1.29 is 13.9 Å². The van der Waals surface area contributed by atoms with E-state index in [9.17, 15) is 4.79 Å². The van der Waals surface area contributed by atoms with Crippen molar-refractivity contribution in [1.82, 2.24) is 5.32 Å². The smallest absolute Gasteiger partial charge is 0.244 e. The van der Waals surface area contributed by atoms with Crippen molar-refractivity contribution in [3.05, 3.63) is 30.2 Å². The minimum Gasteiger partial charge on any atom is -0.465 e. The van der Waals surface area contributed by atoms with Crippen molar-refractivity contribution in [3.63, 3.8) is 0 Å². The van der Waals surface area contributed by atoms with Gasteiger partial charge >= 0.3 is 0 Å². The summed E-state index contributed by atoms with van der Waals surface area (Å²) in [7, 11) is 0. The molecule has 1 aliphatic rings. The van der Waals surface area contributed by atoms with Crippen molar-refractivity contribution >= 4 is 12.0 Å². The summed E-state index contributed by atoms with van der Waals surface area (Å²) in [5.74, 6) is 0.583. The number of hydrogen-bond acceptors (Lipinski definition) is 3. The molecule has 0 unspecified atom stereocenters. The Morgan fingerprint density at radius 1 is 1.40 bits per heavy atom. The number of carbonyl (C=O) groups excluding carboxylic acids is 1. The molecule has 1 fully saturated rings. The van der Waals surface area contributed by atoms with Crippen LogP contribution in [0.5, 0.6) is 0 Å². The maximum Gasteiger partial charge on any atom is 0.244 e. The topological polar surface area (TPSA) is 51.5 Å². The van der Waals surface area contributed by atoms with E-state index in [4.69, 9.17) is 9.15 Å². The molecule has 0 aliphatic heterocycles. The van der Waals surface area contributed by atoms with E-state index in [-0.39, 0.29) is 5.91 Å². The molecule has 0 bridgehead atoms. The fourth-order valence-corrected chi connectivity index (χ4v) is 2.37. The average Bonchev–Trinajstić information content (AvgIpc) is 2.99. The lowest BCUT2D eigenvalue weighted by atomic mass is 9.98. The van der Waals surface area contributed by atoms with Crippen LogP contribution in [-0.2, 0) is 9.53 Å². The lowest BCUT2D eigenvalue weighted by molar-refractivity contribution is -0.116. The SMILES string of the molecule is O=C(/C=C/c1ccco1)NCCCOC1CCCCC1. The van der Waals surface area contributed by atoms with Crippen LogP contribution in [0.2, 0.25) is 0 Å². The largest absolute Gasteiger partial charge is 0.465 e. The van der Waals surface area contributed by atoms with E-state index in [1.54, 1.807) is 18.4 Å². The normalized spacial score (nSPS) is 16.6. The van der Waals surface area contributed by atoms with Crippen LogP contribution >= 0.6 is 0 Å². The summed E-state index contributed by atoms with van der Waals surface area (Å²) in [5, 5.41) is 2.84. The van der Waals surface area contributed by atoms with Gasteiger partial charge in [-0.25, -0.2) is 0 Å². The summed E-state index contributed by atoms with van der Waals surface area (Å²) in [6.07, 6.45) is 12.3. The fraction of sp³-hybridized carbons (Fsp3) is 0.562. The van der Waals surface area contributed by atoms with Crippen LogP contribution in [-0.4, -0.2) is 25.2 Å². The van der Waals surface area contributed by atoms with Gasteiger partial charge in [0, 0.05) is 19.2 Å². The van der Waals surface area contributed by atoms with E-state index in [1.165, 1.54) is 38.2 Å². The molecule has 0 spiro atoms. The second kappa shape index (κ2) is 8.59. The minimum atomic E-state index is -0.0981. The first kappa shape index (κ1) is 14.9. The Balaban J connectivity index is 1.51. The molecule has 1 N–H and O–H groups in total. The number of nitrogens with one attached hydrogen (secondary N) is 1. The molecule has 1 amide bonds. The maximum absolute atomic E-state index is 11.5. The highest BCUT2D eigenvalue weighted by molar-refractivity contribution is 5.91. The van der Waals surface area contributed by atoms with Crippen molar-refractivity contribution in [2.24, 2.45) is 0 Å². The van der Waals surface area contributed by atoms with Crippen LogP contribution < -0.4 is 5.32 Å². The second-order valence-corrected chi connectivity index (χ2v) is 5.12. The molecule has 0 saturated heterocycles. The first-order valence-corrected chi connectivity index (χ1v) is 7.45. The number of rotatable bonds is 7. The zero-order valence-electron chi connectivity index (χ0n) is 11.8. The maximum atomic E-state index is 11.5. The Kier molecular flexibility index (Phi) is 6.38. The third-order valence-electron chi connectivity index (χ3n) is 3.47. The Morgan fingerprint density at radius 3 is 3.00 bits per heavy atom.